The second kappa shape index (κ2) is 9.22. The van der Waals surface area contributed by atoms with Crippen molar-refractivity contribution in [3.8, 4) is 5.75 Å². The second-order valence-corrected chi connectivity index (χ2v) is 10.9. The lowest BCUT2D eigenvalue weighted by molar-refractivity contribution is 0.0697. The molecule has 2 N–H and O–H groups in total. The standard InChI is InChI=1S/C29H32N2O2S/c1-28(2,3)21-15-13-19(14-16-21)26(32)20-9-8-10-22(17-20)30-27(34)31-24-18-29(4,5)33-25-12-7-6-11-23(24)25/h6-17,24H,18H2,1-5H3,(H2,30,31,34)/t24-/m0/s1. The minimum absolute atomic E-state index is 0.0110. The maximum Gasteiger partial charge on any atom is 0.193 e. The zero-order valence-electron chi connectivity index (χ0n) is 20.4. The number of carbonyl (C=O) groups excluding carboxylic acids is 1. The van der Waals surface area contributed by atoms with Gasteiger partial charge in [0, 0.05) is 28.8 Å². The third-order valence-corrected chi connectivity index (χ3v) is 6.30. The second-order valence-electron chi connectivity index (χ2n) is 10.5. The third kappa shape index (κ3) is 5.48. The van der Waals surface area contributed by atoms with Crippen molar-refractivity contribution in [3.05, 3.63) is 95.1 Å². The van der Waals surface area contributed by atoms with E-state index < -0.39 is 0 Å². The van der Waals surface area contributed by atoms with Crippen LogP contribution in [0.2, 0.25) is 0 Å². The van der Waals surface area contributed by atoms with Crippen molar-refractivity contribution in [1.82, 2.24) is 5.32 Å². The average Bonchev–Trinajstić information content (AvgIpc) is 2.77. The first-order valence-electron chi connectivity index (χ1n) is 11.6. The molecule has 3 aromatic carbocycles. The summed E-state index contributed by atoms with van der Waals surface area (Å²) in [6.45, 7) is 10.6. The molecule has 0 saturated heterocycles. The van der Waals surface area contributed by atoms with Crippen LogP contribution in [0.3, 0.4) is 0 Å². The number of hydrogen-bond donors (Lipinski definition) is 2. The summed E-state index contributed by atoms with van der Waals surface area (Å²) in [6.07, 6.45) is 0.787. The molecule has 34 heavy (non-hydrogen) atoms. The third-order valence-electron chi connectivity index (χ3n) is 6.08. The first-order valence-corrected chi connectivity index (χ1v) is 12.0. The van der Waals surface area contributed by atoms with Crippen LogP contribution in [0.25, 0.3) is 0 Å². The number of nitrogens with one attached hydrogen (secondary N) is 2. The van der Waals surface area contributed by atoms with Crippen LogP contribution in [0, 0.1) is 0 Å². The lowest BCUT2D eigenvalue weighted by atomic mass is 9.86. The molecule has 0 aromatic heterocycles. The maximum absolute atomic E-state index is 13.1. The van der Waals surface area contributed by atoms with Crippen LogP contribution in [0.5, 0.6) is 5.75 Å². The predicted molar refractivity (Wildman–Crippen MR) is 143 cm³/mol. The van der Waals surface area contributed by atoms with Crippen molar-refractivity contribution in [2.24, 2.45) is 0 Å². The van der Waals surface area contributed by atoms with Crippen molar-refractivity contribution >= 4 is 28.8 Å². The zero-order chi connectivity index (χ0) is 24.5. The molecule has 5 heteroatoms. The van der Waals surface area contributed by atoms with E-state index in [0.717, 1.165) is 23.4 Å². The number of benzene rings is 3. The molecule has 0 aliphatic carbocycles. The Labute approximate surface area is 207 Å². The summed E-state index contributed by atoms with van der Waals surface area (Å²) < 4.78 is 6.12. The highest BCUT2D eigenvalue weighted by Crippen LogP contribution is 2.39. The van der Waals surface area contributed by atoms with Crippen LogP contribution in [0.4, 0.5) is 5.69 Å². The van der Waals surface area contributed by atoms with Gasteiger partial charge in [0.15, 0.2) is 10.9 Å². The van der Waals surface area contributed by atoms with Gasteiger partial charge in [0.05, 0.1) is 6.04 Å². The van der Waals surface area contributed by atoms with E-state index in [1.54, 1.807) is 0 Å². The zero-order valence-corrected chi connectivity index (χ0v) is 21.3. The Bertz CT molecular complexity index is 1210. The summed E-state index contributed by atoms with van der Waals surface area (Å²) >= 11 is 5.62. The molecular weight excluding hydrogens is 440 g/mol. The number of hydrogen-bond acceptors (Lipinski definition) is 3. The van der Waals surface area contributed by atoms with E-state index in [1.807, 2.05) is 66.7 Å². The highest BCUT2D eigenvalue weighted by atomic mass is 32.1. The summed E-state index contributed by atoms with van der Waals surface area (Å²) in [4.78, 5) is 13.1. The SMILES string of the molecule is CC1(C)C[C@H](NC(=S)Nc2cccc(C(=O)c3ccc(C(C)(C)C)cc3)c2)c2ccccc2O1. The van der Waals surface area contributed by atoms with Crippen molar-refractivity contribution in [3.63, 3.8) is 0 Å². The Balaban J connectivity index is 1.46. The molecule has 0 amide bonds. The number of thiocarbonyl (C=S) groups is 1. The van der Waals surface area contributed by atoms with E-state index in [9.17, 15) is 4.79 Å². The fraction of sp³-hybridized carbons (Fsp3) is 0.310. The van der Waals surface area contributed by atoms with Gasteiger partial charge < -0.3 is 15.4 Å². The molecule has 1 aliphatic rings. The smallest absolute Gasteiger partial charge is 0.193 e. The van der Waals surface area contributed by atoms with Crippen molar-refractivity contribution < 1.29 is 9.53 Å². The Hall–Kier alpha value is -3.18. The summed E-state index contributed by atoms with van der Waals surface area (Å²) in [7, 11) is 0. The largest absolute Gasteiger partial charge is 0.487 e. The lowest BCUT2D eigenvalue weighted by Gasteiger charge is -2.38. The van der Waals surface area contributed by atoms with Crippen LogP contribution in [0.1, 0.15) is 74.1 Å². The molecule has 1 heterocycles. The highest BCUT2D eigenvalue weighted by Gasteiger charge is 2.33. The summed E-state index contributed by atoms with van der Waals surface area (Å²) in [5.41, 5.74) is 4.11. The minimum atomic E-state index is -0.295. The van der Waals surface area contributed by atoms with E-state index in [1.165, 1.54) is 5.56 Å². The molecule has 0 unspecified atom stereocenters. The average molecular weight is 473 g/mol. The van der Waals surface area contributed by atoms with Crippen molar-refractivity contribution in [2.75, 3.05) is 5.32 Å². The first kappa shape index (κ1) is 24.0. The molecule has 0 spiro atoms. The van der Waals surface area contributed by atoms with Crippen LogP contribution in [-0.2, 0) is 5.41 Å². The topological polar surface area (TPSA) is 50.4 Å². The molecule has 4 rings (SSSR count). The van der Waals surface area contributed by atoms with Crippen LogP contribution < -0.4 is 15.4 Å². The quantitative estimate of drug-likeness (QED) is 0.323. The molecule has 4 nitrogen and oxygen atoms in total. The Morgan fingerprint density at radius 1 is 0.971 bits per heavy atom. The summed E-state index contributed by atoms with van der Waals surface area (Å²) in [5.74, 6) is 0.868. The Morgan fingerprint density at radius 3 is 2.38 bits per heavy atom. The molecule has 1 aliphatic heterocycles. The highest BCUT2D eigenvalue weighted by molar-refractivity contribution is 7.80. The number of para-hydroxylation sites is 1. The van der Waals surface area contributed by atoms with Gasteiger partial charge in [0.25, 0.3) is 0 Å². The van der Waals surface area contributed by atoms with Gasteiger partial charge in [-0.25, -0.2) is 0 Å². The van der Waals surface area contributed by atoms with Crippen molar-refractivity contribution in [1.29, 1.82) is 0 Å². The van der Waals surface area contributed by atoms with E-state index in [-0.39, 0.29) is 22.8 Å². The number of rotatable bonds is 4. The van der Waals surface area contributed by atoms with Gasteiger partial charge in [0.2, 0.25) is 0 Å². The monoisotopic (exact) mass is 472 g/mol. The first-order chi connectivity index (χ1) is 16.0. The normalized spacial score (nSPS) is 16.7. The molecule has 176 valence electrons. The van der Waals surface area contributed by atoms with Gasteiger partial charge in [-0.05, 0) is 55.2 Å². The predicted octanol–water partition coefficient (Wildman–Crippen LogP) is 6.80. The Kier molecular flexibility index (Phi) is 6.50. The van der Waals surface area contributed by atoms with E-state index in [0.29, 0.717) is 16.2 Å². The fourth-order valence-electron chi connectivity index (χ4n) is 4.28. The Morgan fingerprint density at radius 2 is 1.68 bits per heavy atom. The van der Waals surface area contributed by atoms with E-state index in [4.69, 9.17) is 17.0 Å². The number of fused-ring (bicyclic) bond motifs is 1. The number of carbonyl (C=O) groups is 1. The van der Waals surface area contributed by atoms with Gasteiger partial charge in [-0.15, -0.1) is 0 Å². The number of anilines is 1. The molecule has 0 fully saturated rings. The van der Waals surface area contributed by atoms with Crippen LogP contribution >= 0.6 is 12.2 Å². The van der Waals surface area contributed by atoms with E-state index in [2.05, 4.69) is 51.3 Å². The van der Waals surface area contributed by atoms with Crippen LogP contribution in [-0.4, -0.2) is 16.5 Å². The number of ketones is 1. The van der Waals surface area contributed by atoms with Gasteiger partial charge in [-0.3, -0.25) is 4.79 Å². The molecule has 0 bridgehead atoms. The lowest BCUT2D eigenvalue weighted by Crippen LogP contribution is -2.42. The molecular formula is C29H32N2O2S. The van der Waals surface area contributed by atoms with E-state index >= 15 is 0 Å². The van der Waals surface area contributed by atoms with Crippen LogP contribution in [0.15, 0.2) is 72.8 Å². The number of ether oxygens (including phenoxy) is 1. The maximum atomic E-state index is 13.1. The molecule has 1 atom stereocenters. The molecule has 3 aromatic rings. The van der Waals surface area contributed by atoms with Gasteiger partial charge >= 0.3 is 0 Å². The van der Waals surface area contributed by atoms with Crippen molar-refractivity contribution in [2.45, 2.75) is 58.1 Å². The van der Waals surface area contributed by atoms with Gasteiger partial charge in [-0.2, -0.15) is 0 Å². The molecule has 0 radical (unpaired) electrons. The summed E-state index contributed by atoms with van der Waals surface area (Å²) in [6, 6.07) is 23.4. The molecule has 0 saturated carbocycles. The fourth-order valence-corrected chi connectivity index (χ4v) is 4.54. The minimum Gasteiger partial charge on any atom is -0.487 e. The van der Waals surface area contributed by atoms with Gasteiger partial charge in [0.1, 0.15) is 11.4 Å². The summed E-state index contributed by atoms with van der Waals surface area (Å²) in [5, 5.41) is 7.20. The van der Waals surface area contributed by atoms with Gasteiger partial charge in [-0.1, -0.05) is 75.4 Å².